The molecule has 2 atom stereocenters. The average molecular weight is 262 g/mol. The highest BCUT2D eigenvalue weighted by Gasteiger charge is 2.36. The second-order valence-electron chi connectivity index (χ2n) is 5.03. The summed E-state index contributed by atoms with van der Waals surface area (Å²) in [6.07, 6.45) is 2.26. The number of hydrogen-bond donors (Lipinski definition) is 1. The number of hydrogen-bond acceptors (Lipinski definition) is 4. The summed E-state index contributed by atoms with van der Waals surface area (Å²) in [6, 6.07) is 4.22. The van der Waals surface area contributed by atoms with Gasteiger partial charge in [0.1, 0.15) is 11.5 Å². The minimum Gasteiger partial charge on any atom is -0.464 e. The minimum atomic E-state index is 0.675. The molecular formula is C14H18N2OS. The zero-order valence-electron chi connectivity index (χ0n) is 10.6. The van der Waals surface area contributed by atoms with Crippen LogP contribution >= 0.6 is 11.3 Å². The van der Waals surface area contributed by atoms with Crippen LogP contribution in [0.25, 0.3) is 0 Å². The normalized spacial score (nSPS) is 22.3. The van der Waals surface area contributed by atoms with Crippen LogP contribution in [0.1, 0.15) is 36.5 Å². The number of aromatic nitrogens is 1. The summed E-state index contributed by atoms with van der Waals surface area (Å²) in [5.74, 6) is 3.69. The van der Waals surface area contributed by atoms with Crippen LogP contribution in [0.4, 0.5) is 0 Å². The first-order chi connectivity index (χ1) is 8.83. The summed E-state index contributed by atoms with van der Waals surface area (Å²) in [7, 11) is 0. The predicted molar refractivity (Wildman–Crippen MR) is 72.8 cm³/mol. The Kier molecular flexibility index (Phi) is 3.48. The zero-order valence-corrected chi connectivity index (χ0v) is 11.4. The first-order valence-corrected chi connectivity index (χ1v) is 7.43. The van der Waals surface area contributed by atoms with Crippen molar-refractivity contribution in [3.05, 3.63) is 40.2 Å². The van der Waals surface area contributed by atoms with Crippen molar-refractivity contribution in [3.63, 3.8) is 0 Å². The molecule has 2 heterocycles. The van der Waals surface area contributed by atoms with Gasteiger partial charge >= 0.3 is 0 Å². The minimum absolute atomic E-state index is 0.675. The van der Waals surface area contributed by atoms with Gasteiger partial charge in [-0.1, -0.05) is 6.92 Å². The van der Waals surface area contributed by atoms with Gasteiger partial charge < -0.3 is 9.73 Å². The van der Waals surface area contributed by atoms with E-state index < -0.39 is 0 Å². The van der Waals surface area contributed by atoms with Crippen LogP contribution in [0.2, 0.25) is 0 Å². The van der Waals surface area contributed by atoms with Crippen LogP contribution in [0.3, 0.4) is 0 Å². The third-order valence-corrected chi connectivity index (χ3v) is 4.13. The van der Waals surface area contributed by atoms with Crippen molar-refractivity contribution in [3.8, 4) is 0 Å². The lowest BCUT2D eigenvalue weighted by atomic mass is 10.3. The fraction of sp³-hybridized carbons (Fsp3) is 0.500. The maximum absolute atomic E-state index is 5.84. The maximum atomic E-state index is 5.84. The molecule has 1 aliphatic rings. The summed E-state index contributed by atoms with van der Waals surface area (Å²) >= 11 is 1.65. The quantitative estimate of drug-likeness (QED) is 0.812. The molecule has 1 saturated carbocycles. The first-order valence-electron chi connectivity index (χ1n) is 6.49. The summed E-state index contributed by atoms with van der Waals surface area (Å²) < 4.78 is 5.84. The van der Waals surface area contributed by atoms with Crippen LogP contribution < -0.4 is 5.32 Å². The van der Waals surface area contributed by atoms with Gasteiger partial charge in [-0.3, -0.25) is 0 Å². The van der Waals surface area contributed by atoms with Gasteiger partial charge in [-0.2, -0.15) is 0 Å². The largest absolute Gasteiger partial charge is 0.464 e. The van der Waals surface area contributed by atoms with E-state index in [9.17, 15) is 0 Å². The molecule has 0 amide bonds. The summed E-state index contributed by atoms with van der Waals surface area (Å²) in [4.78, 5) is 4.26. The van der Waals surface area contributed by atoms with E-state index in [1.54, 1.807) is 11.3 Å². The Labute approximate surface area is 111 Å². The lowest BCUT2D eigenvalue weighted by molar-refractivity contribution is 0.445. The molecule has 2 aromatic rings. The maximum Gasteiger partial charge on any atom is 0.117 e. The summed E-state index contributed by atoms with van der Waals surface area (Å²) in [5, 5.41) is 5.49. The van der Waals surface area contributed by atoms with Crippen molar-refractivity contribution in [2.45, 2.75) is 32.2 Å². The van der Waals surface area contributed by atoms with E-state index in [0.29, 0.717) is 5.92 Å². The molecule has 4 heteroatoms. The van der Waals surface area contributed by atoms with Crippen molar-refractivity contribution in [1.29, 1.82) is 0 Å². The SMILES string of the molecule is CC1CC1c1ccc(CNCCc2cscn2)o1. The van der Waals surface area contributed by atoms with Crippen LogP contribution in [-0.4, -0.2) is 11.5 Å². The summed E-state index contributed by atoms with van der Waals surface area (Å²) in [5.41, 5.74) is 3.05. The third kappa shape index (κ3) is 2.82. The molecule has 3 nitrogen and oxygen atoms in total. The smallest absolute Gasteiger partial charge is 0.117 e. The molecule has 0 saturated heterocycles. The van der Waals surface area contributed by atoms with Gasteiger partial charge in [0.05, 0.1) is 17.7 Å². The predicted octanol–water partition coefficient (Wildman–Crippen LogP) is 3.19. The van der Waals surface area contributed by atoms with Crippen LogP contribution in [0.5, 0.6) is 0 Å². The highest BCUT2D eigenvalue weighted by atomic mass is 32.1. The molecular weight excluding hydrogens is 244 g/mol. The van der Waals surface area contributed by atoms with Crippen LogP contribution in [-0.2, 0) is 13.0 Å². The number of furan rings is 1. The molecule has 0 bridgehead atoms. The lowest BCUT2D eigenvalue weighted by Crippen LogP contribution is -2.16. The molecule has 1 N–H and O–H groups in total. The van der Waals surface area contributed by atoms with E-state index in [0.717, 1.165) is 31.2 Å². The van der Waals surface area contributed by atoms with E-state index in [4.69, 9.17) is 4.42 Å². The Balaban J connectivity index is 1.41. The van der Waals surface area contributed by atoms with Gasteiger partial charge in [-0.05, 0) is 24.5 Å². The molecule has 0 aromatic carbocycles. The van der Waals surface area contributed by atoms with Gasteiger partial charge in [0.2, 0.25) is 0 Å². The second kappa shape index (κ2) is 5.24. The van der Waals surface area contributed by atoms with Gasteiger partial charge in [0, 0.05) is 24.3 Å². The van der Waals surface area contributed by atoms with Crippen molar-refractivity contribution in [1.82, 2.24) is 10.3 Å². The molecule has 2 unspecified atom stereocenters. The van der Waals surface area contributed by atoms with E-state index in [1.165, 1.54) is 17.9 Å². The molecule has 0 spiro atoms. The molecule has 96 valence electrons. The Morgan fingerprint density at radius 2 is 2.39 bits per heavy atom. The summed E-state index contributed by atoms with van der Waals surface area (Å²) in [6.45, 7) is 4.03. The van der Waals surface area contributed by atoms with Gasteiger partial charge in [0.25, 0.3) is 0 Å². The molecule has 18 heavy (non-hydrogen) atoms. The molecule has 0 aliphatic heterocycles. The number of nitrogens with zero attached hydrogens (tertiary/aromatic N) is 1. The number of rotatable bonds is 6. The van der Waals surface area contributed by atoms with Gasteiger partial charge in [0.15, 0.2) is 0 Å². The molecule has 1 fully saturated rings. The number of thiazole rings is 1. The molecule has 2 aromatic heterocycles. The molecule has 0 radical (unpaired) electrons. The number of nitrogens with one attached hydrogen (secondary N) is 1. The van der Waals surface area contributed by atoms with Gasteiger partial charge in [-0.15, -0.1) is 11.3 Å². The Morgan fingerprint density at radius 1 is 1.50 bits per heavy atom. The Hall–Kier alpha value is -1.13. The second-order valence-corrected chi connectivity index (χ2v) is 5.75. The highest BCUT2D eigenvalue weighted by molar-refractivity contribution is 7.07. The van der Waals surface area contributed by atoms with E-state index >= 15 is 0 Å². The Bertz CT molecular complexity index is 492. The molecule has 3 rings (SSSR count). The van der Waals surface area contributed by atoms with E-state index in [2.05, 4.69) is 34.7 Å². The van der Waals surface area contributed by atoms with Crippen molar-refractivity contribution in [2.75, 3.05) is 6.54 Å². The fourth-order valence-electron chi connectivity index (χ4n) is 2.20. The van der Waals surface area contributed by atoms with Crippen LogP contribution in [0, 0.1) is 5.92 Å². The van der Waals surface area contributed by atoms with E-state index in [1.807, 2.05) is 5.51 Å². The lowest BCUT2D eigenvalue weighted by Gasteiger charge is -2.00. The standard InChI is InChI=1S/C14H18N2OS/c1-10-6-13(10)14-3-2-12(17-14)7-15-5-4-11-8-18-9-16-11/h2-3,8-10,13,15H,4-7H2,1H3. The average Bonchev–Trinajstić information content (AvgIpc) is 2.86. The van der Waals surface area contributed by atoms with Crippen LogP contribution in [0.15, 0.2) is 27.4 Å². The topological polar surface area (TPSA) is 38.1 Å². The van der Waals surface area contributed by atoms with Crippen molar-refractivity contribution >= 4 is 11.3 Å². The van der Waals surface area contributed by atoms with Crippen molar-refractivity contribution in [2.24, 2.45) is 5.92 Å². The molecule has 1 aliphatic carbocycles. The third-order valence-electron chi connectivity index (χ3n) is 3.50. The van der Waals surface area contributed by atoms with E-state index in [-0.39, 0.29) is 0 Å². The van der Waals surface area contributed by atoms with Crippen molar-refractivity contribution < 1.29 is 4.42 Å². The zero-order chi connectivity index (χ0) is 12.4. The van der Waals surface area contributed by atoms with Gasteiger partial charge in [-0.25, -0.2) is 4.98 Å². The monoisotopic (exact) mass is 262 g/mol. The Morgan fingerprint density at radius 3 is 3.11 bits per heavy atom. The highest BCUT2D eigenvalue weighted by Crippen LogP contribution is 2.47. The first kappa shape index (κ1) is 11.9. The fourth-order valence-corrected chi connectivity index (χ4v) is 2.79.